The van der Waals surface area contributed by atoms with E-state index in [9.17, 15) is 0 Å². The van der Waals surface area contributed by atoms with Gasteiger partial charge in [-0.3, -0.25) is 5.41 Å². The van der Waals surface area contributed by atoms with Crippen molar-refractivity contribution in [2.24, 2.45) is 5.73 Å². The van der Waals surface area contributed by atoms with E-state index in [4.69, 9.17) is 11.1 Å². The van der Waals surface area contributed by atoms with Gasteiger partial charge in [0.05, 0.1) is 11.3 Å². The van der Waals surface area contributed by atoms with Crippen molar-refractivity contribution in [3.05, 3.63) is 42.0 Å². The van der Waals surface area contributed by atoms with Crippen molar-refractivity contribution in [1.82, 2.24) is 9.55 Å². The van der Waals surface area contributed by atoms with E-state index in [1.165, 1.54) is 0 Å². The SMILES string of the molecule is CCSc1cccc(-n2ccnc2C)c1C(=N)N. The number of aromatic nitrogens is 2. The molecule has 2 rings (SSSR count). The van der Waals surface area contributed by atoms with Crippen molar-refractivity contribution in [2.45, 2.75) is 18.7 Å². The first kappa shape index (κ1) is 12.7. The van der Waals surface area contributed by atoms with Crippen LogP contribution in [-0.2, 0) is 0 Å². The third-order valence-electron chi connectivity index (χ3n) is 2.66. The van der Waals surface area contributed by atoms with Crippen molar-refractivity contribution >= 4 is 17.6 Å². The number of nitrogen functional groups attached to an aromatic ring is 1. The number of hydrogen-bond acceptors (Lipinski definition) is 3. The van der Waals surface area contributed by atoms with Crippen molar-refractivity contribution in [2.75, 3.05) is 5.75 Å². The average molecular weight is 260 g/mol. The van der Waals surface area contributed by atoms with Gasteiger partial charge in [-0.15, -0.1) is 11.8 Å². The summed E-state index contributed by atoms with van der Waals surface area (Å²) in [6.07, 6.45) is 3.64. The molecule has 0 aliphatic rings. The number of amidine groups is 1. The van der Waals surface area contributed by atoms with Crippen molar-refractivity contribution < 1.29 is 0 Å². The predicted octanol–water partition coefficient (Wildman–Crippen LogP) is 2.58. The van der Waals surface area contributed by atoms with E-state index >= 15 is 0 Å². The van der Waals surface area contributed by atoms with Crippen LogP contribution in [0.4, 0.5) is 0 Å². The van der Waals surface area contributed by atoms with Gasteiger partial charge in [0.2, 0.25) is 0 Å². The Morgan fingerprint density at radius 1 is 1.50 bits per heavy atom. The molecule has 0 aliphatic carbocycles. The predicted molar refractivity (Wildman–Crippen MR) is 75.7 cm³/mol. The highest BCUT2D eigenvalue weighted by Crippen LogP contribution is 2.27. The number of aryl methyl sites for hydroxylation is 1. The lowest BCUT2D eigenvalue weighted by atomic mass is 10.1. The van der Waals surface area contributed by atoms with Crippen LogP contribution in [0.15, 0.2) is 35.5 Å². The number of thioether (sulfide) groups is 1. The number of nitrogens with zero attached hydrogens (tertiary/aromatic N) is 2. The summed E-state index contributed by atoms with van der Waals surface area (Å²) in [5.41, 5.74) is 7.43. The van der Waals surface area contributed by atoms with Gasteiger partial charge in [-0.25, -0.2) is 4.98 Å². The van der Waals surface area contributed by atoms with Crippen LogP contribution in [0.2, 0.25) is 0 Å². The molecular formula is C13H16N4S. The van der Waals surface area contributed by atoms with E-state index in [-0.39, 0.29) is 5.84 Å². The van der Waals surface area contributed by atoms with Crippen LogP contribution in [0.25, 0.3) is 5.69 Å². The maximum absolute atomic E-state index is 7.80. The molecule has 3 N–H and O–H groups in total. The molecule has 94 valence electrons. The summed E-state index contributed by atoms with van der Waals surface area (Å²) in [7, 11) is 0. The molecule has 0 saturated heterocycles. The van der Waals surface area contributed by atoms with E-state index in [1.54, 1.807) is 18.0 Å². The quantitative estimate of drug-likeness (QED) is 0.504. The summed E-state index contributed by atoms with van der Waals surface area (Å²) in [6, 6.07) is 5.95. The van der Waals surface area contributed by atoms with Crippen molar-refractivity contribution in [1.29, 1.82) is 5.41 Å². The molecule has 0 spiro atoms. The van der Waals surface area contributed by atoms with Gasteiger partial charge in [0.1, 0.15) is 11.7 Å². The van der Waals surface area contributed by atoms with Crippen LogP contribution in [-0.4, -0.2) is 21.1 Å². The maximum Gasteiger partial charge on any atom is 0.126 e. The summed E-state index contributed by atoms with van der Waals surface area (Å²) in [5.74, 6) is 1.93. The highest BCUT2D eigenvalue weighted by molar-refractivity contribution is 7.99. The first-order valence-electron chi connectivity index (χ1n) is 5.75. The number of nitrogens with one attached hydrogen (secondary N) is 1. The standard InChI is InChI=1S/C13H16N4S/c1-3-18-11-6-4-5-10(12(11)13(14)15)17-8-7-16-9(17)2/h4-8H,3H2,1-2H3,(H3,14,15). The van der Waals surface area contributed by atoms with Crippen LogP contribution >= 0.6 is 11.8 Å². The van der Waals surface area contributed by atoms with Crippen LogP contribution in [0.5, 0.6) is 0 Å². The van der Waals surface area contributed by atoms with E-state index in [0.717, 1.165) is 27.7 Å². The van der Waals surface area contributed by atoms with Gasteiger partial charge in [-0.2, -0.15) is 0 Å². The number of benzene rings is 1. The molecule has 1 heterocycles. The van der Waals surface area contributed by atoms with Gasteiger partial charge in [-0.1, -0.05) is 13.0 Å². The van der Waals surface area contributed by atoms with Crippen molar-refractivity contribution in [3.63, 3.8) is 0 Å². The lowest BCUT2D eigenvalue weighted by Gasteiger charge is -2.14. The Balaban J connectivity index is 2.64. The molecule has 1 aromatic carbocycles. The Bertz CT molecular complexity index is 574. The van der Waals surface area contributed by atoms with Crippen molar-refractivity contribution in [3.8, 4) is 5.69 Å². The monoisotopic (exact) mass is 260 g/mol. The normalized spacial score (nSPS) is 10.6. The fourth-order valence-corrected chi connectivity index (χ4v) is 2.74. The first-order valence-corrected chi connectivity index (χ1v) is 6.74. The summed E-state index contributed by atoms with van der Waals surface area (Å²) in [5, 5.41) is 7.80. The molecule has 0 amide bonds. The number of hydrogen-bond donors (Lipinski definition) is 2. The number of nitrogens with two attached hydrogens (primary N) is 1. The molecule has 0 atom stereocenters. The Morgan fingerprint density at radius 2 is 2.28 bits per heavy atom. The Kier molecular flexibility index (Phi) is 3.72. The minimum absolute atomic E-state index is 0.0923. The summed E-state index contributed by atoms with van der Waals surface area (Å²) >= 11 is 1.69. The third-order valence-corrected chi connectivity index (χ3v) is 3.60. The zero-order valence-corrected chi connectivity index (χ0v) is 11.3. The Labute approximate surface area is 111 Å². The van der Waals surface area contributed by atoms with Gasteiger partial charge in [0, 0.05) is 17.3 Å². The van der Waals surface area contributed by atoms with Crippen LogP contribution < -0.4 is 5.73 Å². The number of imidazole rings is 1. The van der Waals surface area contributed by atoms with E-state index in [0.29, 0.717) is 0 Å². The second-order valence-electron chi connectivity index (χ2n) is 3.84. The molecule has 2 aromatic rings. The molecular weight excluding hydrogens is 244 g/mol. The van der Waals surface area contributed by atoms with Gasteiger partial charge < -0.3 is 10.3 Å². The molecule has 1 aromatic heterocycles. The van der Waals surface area contributed by atoms with Gasteiger partial charge in [-0.05, 0) is 24.8 Å². The van der Waals surface area contributed by atoms with Gasteiger partial charge in [0.15, 0.2) is 0 Å². The first-order chi connectivity index (χ1) is 8.65. The largest absolute Gasteiger partial charge is 0.384 e. The second-order valence-corrected chi connectivity index (χ2v) is 5.15. The third kappa shape index (κ3) is 2.26. The van der Waals surface area contributed by atoms with E-state index < -0.39 is 0 Å². The number of rotatable bonds is 4. The van der Waals surface area contributed by atoms with Gasteiger partial charge in [0.25, 0.3) is 0 Å². The minimum atomic E-state index is 0.0923. The average Bonchev–Trinajstić information content (AvgIpc) is 2.75. The Morgan fingerprint density at radius 3 is 2.83 bits per heavy atom. The molecule has 5 heteroatoms. The zero-order valence-electron chi connectivity index (χ0n) is 10.5. The van der Waals surface area contributed by atoms with Gasteiger partial charge >= 0.3 is 0 Å². The van der Waals surface area contributed by atoms with Crippen LogP contribution in [0.1, 0.15) is 18.3 Å². The molecule has 0 saturated carbocycles. The summed E-state index contributed by atoms with van der Waals surface area (Å²) in [6.45, 7) is 4.02. The lowest BCUT2D eigenvalue weighted by molar-refractivity contribution is 0.965. The molecule has 0 unspecified atom stereocenters. The smallest absolute Gasteiger partial charge is 0.126 e. The van der Waals surface area contributed by atoms with Crippen LogP contribution in [0.3, 0.4) is 0 Å². The molecule has 18 heavy (non-hydrogen) atoms. The summed E-state index contributed by atoms with van der Waals surface area (Å²) in [4.78, 5) is 5.25. The van der Waals surface area contributed by atoms with E-state index in [2.05, 4.69) is 11.9 Å². The molecule has 0 bridgehead atoms. The molecule has 0 fully saturated rings. The topological polar surface area (TPSA) is 67.7 Å². The highest BCUT2D eigenvalue weighted by Gasteiger charge is 2.13. The van der Waals surface area contributed by atoms with E-state index in [1.807, 2.05) is 35.9 Å². The summed E-state index contributed by atoms with van der Waals surface area (Å²) < 4.78 is 1.95. The second kappa shape index (κ2) is 5.27. The van der Waals surface area contributed by atoms with Crippen LogP contribution in [0, 0.1) is 12.3 Å². The lowest BCUT2D eigenvalue weighted by Crippen LogP contribution is -2.16. The zero-order chi connectivity index (χ0) is 13.1. The molecule has 4 nitrogen and oxygen atoms in total. The Hall–Kier alpha value is -1.75. The molecule has 0 radical (unpaired) electrons. The fraction of sp³-hybridized carbons (Fsp3) is 0.231. The maximum atomic E-state index is 7.80. The fourth-order valence-electron chi connectivity index (χ4n) is 1.90. The highest BCUT2D eigenvalue weighted by atomic mass is 32.2. The molecule has 0 aliphatic heterocycles. The minimum Gasteiger partial charge on any atom is -0.384 e.